The van der Waals surface area contributed by atoms with E-state index < -0.39 is 0 Å². The predicted octanol–water partition coefficient (Wildman–Crippen LogP) is 15.9. The molecule has 8 aromatic rings. The predicted molar refractivity (Wildman–Crippen MR) is 263 cm³/mol. The zero-order valence-electron chi connectivity index (χ0n) is 38.3. The number of fused-ring (bicyclic) bond motifs is 4. The van der Waals surface area contributed by atoms with Gasteiger partial charge < -0.3 is 14.5 Å². The molecule has 2 aromatic heterocycles. The van der Waals surface area contributed by atoms with Gasteiger partial charge in [-0.2, -0.15) is 0 Å². The third-order valence-corrected chi connectivity index (χ3v) is 12.6. The van der Waals surface area contributed by atoms with Gasteiger partial charge in [0.25, 0.3) is 0 Å². The lowest BCUT2D eigenvalue weighted by Gasteiger charge is -2.26. The topological polar surface area (TPSA) is 33.5 Å². The van der Waals surface area contributed by atoms with Crippen LogP contribution in [0.4, 0.5) is 22.7 Å². The van der Waals surface area contributed by atoms with Crippen molar-refractivity contribution in [1.29, 1.82) is 0 Å². The highest BCUT2D eigenvalue weighted by atomic mass is 16.5. The first-order valence-electron chi connectivity index (χ1n) is 22.2. The maximum absolute atomic E-state index is 6.79. The Bertz CT molecular complexity index is 2950. The van der Waals surface area contributed by atoms with Crippen LogP contribution in [0, 0.1) is 0 Å². The van der Waals surface area contributed by atoms with E-state index in [1.54, 1.807) is 0 Å². The standard InChI is InChI=1S/C57H60N4O/c1-37(2)48-34-54(58-35-49(48)38-22-24-39(25-23-38)55(3,4)5)61-50-21-13-12-20-46(50)47-28-27-45(33-52(47)61)62-44-19-15-18-43(32-44)59-36-60(42-17-14-16-40(30-42)56(6,7)8)53-31-41(57(9,10)11)26-29-51(53)59/h12-35,37H,36H2,1-11H3. The van der Waals surface area contributed by atoms with E-state index in [0.29, 0.717) is 12.6 Å². The SMILES string of the molecule is CC(C)c1cc(-n2c3ccccc3c3ccc(Oc4cccc(N5CN(c6cccc(C(C)(C)C)c6)c6cc(C(C)(C)C)ccc65)c4)cc32)ncc1-c1ccc(C(C)(C)C)cc1. The Morgan fingerprint density at radius 1 is 0.516 bits per heavy atom. The van der Waals surface area contributed by atoms with Gasteiger partial charge in [-0.1, -0.05) is 143 Å². The molecule has 0 N–H and O–H groups in total. The molecule has 0 aliphatic carbocycles. The molecule has 0 saturated carbocycles. The molecular formula is C57H60N4O. The smallest absolute Gasteiger partial charge is 0.137 e. The van der Waals surface area contributed by atoms with E-state index in [4.69, 9.17) is 9.72 Å². The number of aromatic nitrogens is 2. The first kappa shape index (κ1) is 41.0. The van der Waals surface area contributed by atoms with Crippen LogP contribution in [-0.4, -0.2) is 16.2 Å². The first-order valence-corrected chi connectivity index (χ1v) is 22.2. The lowest BCUT2D eigenvalue weighted by atomic mass is 9.85. The number of hydrogen-bond donors (Lipinski definition) is 0. The summed E-state index contributed by atoms with van der Waals surface area (Å²) in [6, 6.07) is 50.8. The van der Waals surface area contributed by atoms with Crippen molar-refractivity contribution in [2.75, 3.05) is 16.5 Å². The minimum atomic E-state index is 0.0249. The van der Waals surface area contributed by atoms with Crippen LogP contribution in [0.5, 0.6) is 11.5 Å². The molecule has 0 unspecified atom stereocenters. The van der Waals surface area contributed by atoms with Gasteiger partial charge in [0, 0.05) is 46.0 Å². The summed E-state index contributed by atoms with van der Waals surface area (Å²) in [5.74, 6) is 2.76. The molecule has 0 atom stereocenters. The quantitative estimate of drug-likeness (QED) is 0.160. The van der Waals surface area contributed by atoms with Crippen molar-refractivity contribution in [2.24, 2.45) is 0 Å². The van der Waals surface area contributed by atoms with Gasteiger partial charge in [0.15, 0.2) is 0 Å². The van der Waals surface area contributed by atoms with E-state index >= 15 is 0 Å². The van der Waals surface area contributed by atoms with Gasteiger partial charge in [-0.25, -0.2) is 4.98 Å². The van der Waals surface area contributed by atoms with Crippen LogP contribution < -0.4 is 14.5 Å². The van der Waals surface area contributed by atoms with Crippen LogP contribution in [0.15, 0.2) is 146 Å². The van der Waals surface area contributed by atoms with Crippen molar-refractivity contribution >= 4 is 44.6 Å². The molecule has 0 saturated heterocycles. The fourth-order valence-electron chi connectivity index (χ4n) is 8.87. The Morgan fingerprint density at radius 3 is 1.84 bits per heavy atom. The third kappa shape index (κ3) is 7.63. The molecule has 0 radical (unpaired) electrons. The van der Waals surface area contributed by atoms with Gasteiger partial charge in [0.05, 0.1) is 22.4 Å². The maximum Gasteiger partial charge on any atom is 0.137 e. The number of para-hydroxylation sites is 1. The number of rotatable bonds is 7. The molecule has 9 rings (SSSR count). The highest BCUT2D eigenvalue weighted by Crippen LogP contribution is 2.47. The van der Waals surface area contributed by atoms with Gasteiger partial charge in [0.2, 0.25) is 0 Å². The molecule has 0 spiro atoms. The summed E-state index contributed by atoms with van der Waals surface area (Å²) < 4.78 is 9.08. The van der Waals surface area contributed by atoms with E-state index in [2.05, 4.69) is 236 Å². The number of benzene rings is 6. The second kappa shape index (κ2) is 15.2. The fourth-order valence-corrected chi connectivity index (χ4v) is 8.87. The maximum atomic E-state index is 6.79. The molecule has 5 heteroatoms. The van der Waals surface area contributed by atoms with Gasteiger partial charge in [0.1, 0.15) is 24.0 Å². The molecule has 62 heavy (non-hydrogen) atoms. The van der Waals surface area contributed by atoms with Gasteiger partial charge in [-0.15, -0.1) is 0 Å². The second-order valence-corrected chi connectivity index (χ2v) is 20.5. The average molecular weight is 817 g/mol. The number of hydrogen-bond acceptors (Lipinski definition) is 4. The summed E-state index contributed by atoms with van der Waals surface area (Å²) in [6.45, 7) is 25.7. The molecule has 1 aliphatic rings. The largest absolute Gasteiger partial charge is 0.457 e. The van der Waals surface area contributed by atoms with E-state index in [-0.39, 0.29) is 16.2 Å². The number of ether oxygens (including phenoxy) is 1. The van der Waals surface area contributed by atoms with Crippen LogP contribution in [0.25, 0.3) is 38.8 Å². The fraction of sp³-hybridized carbons (Fsp3) is 0.281. The van der Waals surface area contributed by atoms with Crippen molar-refractivity contribution in [3.05, 3.63) is 168 Å². The summed E-state index contributed by atoms with van der Waals surface area (Å²) in [7, 11) is 0. The summed E-state index contributed by atoms with van der Waals surface area (Å²) in [5.41, 5.74) is 14.6. The summed E-state index contributed by atoms with van der Waals surface area (Å²) in [4.78, 5) is 10.0. The highest BCUT2D eigenvalue weighted by Gasteiger charge is 2.31. The van der Waals surface area contributed by atoms with Crippen molar-refractivity contribution in [3.63, 3.8) is 0 Å². The number of pyridine rings is 1. The summed E-state index contributed by atoms with van der Waals surface area (Å²) >= 11 is 0. The van der Waals surface area contributed by atoms with Crippen LogP contribution in [-0.2, 0) is 16.2 Å². The zero-order valence-corrected chi connectivity index (χ0v) is 38.3. The first-order chi connectivity index (χ1) is 29.4. The lowest BCUT2D eigenvalue weighted by molar-refractivity contribution is 0.483. The van der Waals surface area contributed by atoms with E-state index in [0.717, 1.165) is 39.4 Å². The monoisotopic (exact) mass is 816 g/mol. The minimum absolute atomic E-state index is 0.0249. The lowest BCUT2D eigenvalue weighted by Crippen LogP contribution is -2.24. The van der Waals surface area contributed by atoms with Crippen molar-refractivity contribution < 1.29 is 4.74 Å². The molecule has 0 fully saturated rings. The Balaban J connectivity index is 1.08. The van der Waals surface area contributed by atoms with Gasteiger partial charge in [-0.05, 0) is 111 Å². The zero-order chi connectivity index (χ0) is 43.7. The molecule has 1 aliphatic heterocycles. The van der Waals surface area contributed by atoms with Crippen molar-refractivity contribution in [1.82, 2.24) is 9.55 Å². The summed E-state index contributed by atoms with van der Waals surface area (Å²) in [5, 5.41) is 2.35. The van der Waals surface area contributed by atoms with Gasteiger partial charge in [-0.3, -0.25) is 4.57 Å². The van der Waals surface area contributed by atoms with Crippen LogP contribution in [0.2, 0.25) is 0 Å². The molecule has 5 nitrogen and oxygen atoms in total. The van der Waals surface area contributed by atoms with E-state index in [1.807, 2.05) is 0 Å². The normalized spacial score (nSPS) is 13.4. The van der Waals surface area contributed by atoms with Crippen LogP contribution >= 0.6 is 0 Å². The molecule has 3 heterocycles. The van der Waals surface area contributed by atoms with E-state index in [9.17, 15) is 0 Å². The molecule has 0 bridgehead atoms. The second-order valence-electron chi connectivity index (χ2n) is 20.5. The molecule has 6 aromatic carbocycles. The van der Waals surface area contributed by atoms with Crippen molar-refractivity contribution in [2.45, 2.75) is 98.3 Å². The third-order valence-electron chi connectivity index (χ3n) is 12.6. The Hall–Kier alpha value is -6.33. The summed E-state index contributed by atoms with van der Waals surface area (Å²) in [6.07, 6.45) is 2.06. The van der Waals surface area contributed by atoms with E-state index in [1.165, 1.54) is 55.8 Å². The average Bonchev–Trinajstić information content (AvgIpc) is 3.78. The number of anilines is 4. The minimum Gasteiger partial charge on any atom is -0.457 e. The van der Waals surface area contributed by atoms with Gasteiger partial charge >= 0.3 is 0 Å². The Kier molecular flexibility index (Phi) is 10.1. The molecular weight excluding hydrogens is 757 g/mol. The Labute approximate surface area is 368 Å². The molecule has 314 valence electrons. The highest BCUT2D eigenvalue weighted by molar-refractivity contribution is 6.09. The number of nitrogens with zero attached hydrogens (tertiary/aromatic N) is 4. The van der Waals surface area contributed by atoms with Crippen molar-refractivity contribution in [3.8, 4) is 28.4 Å². The van der Waals surface area contributed by atoms with Crippen LogP contribution in [0.3, 0.4) is 0 Å². The van der Waals surface area contributed by atoms with Crippen LogP contribution in [0.1, 0.15) is 104 Å². The Morgan fingerprint density at radius 2 is 1.13 bits per heavy atom. The molecule has 0 amide bonds.